The Labute approximate surface area is 201 Å². The molecule has 1 aliphatic carbocycles. The quantitative estimate of drug-likeness (QED) is 0.427. The van der Waals surface area contributed by atoms with Gasteiger partial charge < -0.3 is 15.2 Å². The fourth-order valence-corrected chi connectivity index (χ4v) is 4.40. The molecule has 0 aromatic heterocycles. The van der Waals surface area contributed by atoms with Crippen molar-refractivity contribution in [3.63, 3.8) is 0 Å². The first-order valence-corrected chi connectivity index (χ1v) is 11.1. The van der Waals surface area contributed by atoms with Crippen molar-refractivity contribution in [2.45, 2.75) is 25.3 Å². The van der Waals surface area contributed by atoms with Crippen LogP contribution in [0.5, 0.6) is 0 Å². The van der Waals surface area contributed by atoms with Gasteiger partial charge in [-0.2, -0.15) is 0 Å². The number of hydrogen-bond donors (Lipinski definition) is 3. The largest absolute Gasteiger partial charge is 0.481 e. The van der Waals surface area contributed by atoms with E-state index in [0.717, 1.165) is 22.3 Å². The molecule has 1 aliphatic rings. The number of benzene rings is 3. The molecule has 34 heavy (non-hydrogen) atoms. The summed E-state index contributed by atoms with van der Waals surface area (Å²) in [6, 6.07) is 19.9. The van der Waals surface area contributed by atoms with Crippen molar-refractivity contribution < 1.29 is 24.2 Å². The van der Waals surface area contributed by atoms with E-state index in [1.54, 1.807) is 6.92 Å². The molecule has 0 radical (unpaired) electrons. The Balaban J connectivity index is 1.42. The maximum absolute atomic E-state index is 12.5. The molecule has 4 rings (SSSR count). The summed E-state index contributed by atoms with van der Waals surface area (Å²) in [5.41, 5.74) is 4.96. The first-order chi connectivity index (χ1) is 16.3. The molecule has 1 unspecified atom stereocenters. The molecule has 0 fully saturated rings. The lowest BCUT2D eigenvalue weighted by Gasteiger charge is -2.15. The molecule has 1 atom stereocenters. The summed E-state index contributed by atoms with van der Waals surface area (Å²) in [7, 11) is 0. The second kappa shape index (κ2) is 9.97. The number of amides is 2. The van der Waals surface area contributed by atoms with Crippen molar-refractivity contribution in [3.8, 4) is 11.1 Å². The molecule has 3 aromatic rings. The van der Waals surface area contributed by atoms with E-state index in [1.807, 2.05) is 36.4 Å². The molecule has 0 aliphatic heterocycles. The van der Waals surface area contributed by atoms with Gasteiger partial charge in [-0.05, 0) is 47.4 Å². The highest BCUT2D eigenvalue weighted by molar-refractivity contribution is 6.31. The van der Waals surface area contributed by atoms with E-state index in [-0.39, 0.29) is 29.5 Å². The van der Waals surface area contributed by atoms with Crippen molar-refractivity contribution >= 4 is 35.3 Å². The van der Waals surface area contributed by atoms with Gasteiger partial charge >= 0.3 is 12.1 Å². The van der Waals surface area contributed by atoms with Crippen molar-refractivity contribution in [1.82, 2.24) is 5.32 Å². The highest BCUT2D eigenvalue weighted by Crippen LogP contribution is 2.44. The summed E-state index contributed by atoms with van der Waals surface area (Å²) >= 11 is 6.13. The van der Waals surface area contributed by atoms with Crippen LogP contribution in [0.2, 0.25) is 5.02 Å². The number of ether oxygens (including phenoxy) is 1. The van der Waals surface area contributed by atoms with E-state index in [2.05, 4.69) is 22.8 Å². The van der Waals surface area contributed by atoms with Gasteiger partial charge in [0.1, 0.15) is 6.61 Å². The number of nitrogens with one attached hydrogen (secondary N) is 2. The number of carbonyl (C=O) groups is 3. The zero-order chi connectivity index (χ0) is 24.2. The highest BCUT2D eigenvalue weighted by atomic mass is 35.5. The summed E-state index contributed by atoms with van der Waals surface area (Å²) in [4.78, 5) is 35.8. The SMILES string of the molecule is CC(CC(=O)O)NC(=O)c1cc(Cl)cc(NC(=O)OCC2c3ccccc3-c3ccccc32)c1. The lowest BCUT2D eigenvalue weighted by molar-refractivity contribution is -0.137. The van der Waals surface area contributed by atoms with Crippen LogP contribution < -0.4 is 10.6 Å². The van der Waals surface area contributed by atoms with Crippen LogP contribution in [0.15, 0.2) is 66.7 Å². The minimum absolute atomic E-state index is 0.0745. The lowest BCUT2D eigenvalue weighted by atomic mass is 9.98. The molecule has 0 heterocycles. The van der Waals surface area contributed by atoms with Crippen LogP contribution in [0.3, 0.4) is 0 Å². The third-order valence-electron chi connectivity index (χ3n) is 5.61. The number of carbonyl (C=O) groups excluding carboxylic acids is 2. The number of carboxylic acid groups (broad SMARTS) is 1. The molecule has 0 saturated heterocycles. The van der Waals surface area contributed by atoms with E-state index in [4.69, 9.17) is 21.4 Å². The molecule has 2 amide bonds. The van der Waals surface area contributed by atoms with E-state index < -0.39 is 24.0 Å². The van der Waals surface area contributed by atoms with E-state index in [0.29, 0.717) is 5.69 Å². The van der Waals surface area contributed by atoms with Crippen molar-refractivity contribution in [3.05, 3.63) is 88.4 Å². The van der Waals surface area contributed by atoms with E-state index >= 15 is 0 Å². The molecule has 3 aromatic carbocycles. The summed E-state index contributed by atoms with van der Waals surface area (Å²) in [5, 5.41) is 14.3. The molecule has 3 N–H and O–H groups in total. The van der Waals surface area contributed by atoms with Crippen LogP contribution in [0.1, 0.15) is 40.7 Å². The summed E-state index contributed by atoms with van der Waals surface area (Å²) in [6.45, 7) is 1.74. The van der Waals surface area contributed by atoms with Crippen LogP contribution in [0, 0.1) is 0 Å². The van der Waals surface area contributed by atoms with Gasteiger partial charge in [-0.25, -0.2) is 4.79 Å². The van der Waals surface area contributed by atoms with E-state index in [1.165, 1.54) is 18.2 Å². The van der Waals surface area contributed by atoms with Gasteiger partial charge in [0, 0.05) is 28.2 Å². The average molecular weight is 479 g/mol. The van der Waals surface area contributed by atoms with Gasteiger partial charge in [0.25, 0.3) is 5.91 Å². The minimum atomic E-state index is -1.02. The molecular formula is C26H23ClN2O5. The van der Waals surface area contributed by atoms with Crippen molar-refractivity contribution in [2.24, 2.45) is 0 Å². The molecule has 0 saturated carbocycles. The fourth-order valence-electron chi connectivity index (χ4n) is 4.17. The maximum atomic E-state index is 12.5. The topological polar surface area (TPSA) is 105 Å². The third-order valence-corrected chi connectivity index (χ3v) is 5.83. The van der Waals surface area contributed by atoms with Gasteiger partial charge in [0.15, 0.2) is 0 Å². The molecule has 174 valence electrons. The smallest absolute Gasteiger partial charge is 0.411 e. The van der Waals surface area contributed by atoms with E-state index in [9.17, 15) is 14.4 Å². The predicted octanol–water partition coefficient (Wildman–Crippen LogP) is 5.29. The van der Waals surface area contributed by atoms with Crippen LogP contribution in [0.25, 0.3) is 11.1 Å². The fraction of sp³-hybridized carbons (Fsp3) is 0.192. The van der Waals surface area contributed by atoms with Gasteiger partial charge in [-0.1, -0.05) is 60.1 Å². The van der Waals surface area contributed by atoms with Gasteiger partial charge in [0.05, 0.1) is 6.42 Å². The lowest BCUT2D eigenvalue weighted by Crippen LogP contribution is -2.34. The van der Waals surface area contributed by atoms with Crippen LogP contribution >= 0.6 is 11.6 Å². The Bertz CT molecular complexity index is 1210. The normalized spacial score (nSPS) is 12.9. The predicted molar refractivity (Wildman–Crippen MR) is 129 cm³/mol. The Morgan fingerprint density at radius 1 is 1.00 bits per heavy atom. The monoisotopic (exact) mass is 478 g/mol. The first kappa shape index (κ1) is 23.3. The molecular weight excluding hydrogens is 456 g/mol. The van der Waals surface area contributed by atoms with Crippen LogP contribution in [-0.2, 0) is 9.53 Å². The maximum Gasteiger partial charge on any atom is 0.411 e. The number of fused-ring (bicyclic) bond motifs is 3. The third kappa shape index (κ3) is 5.21. The summed E-state index contributed by atoms with van der Waals surface area (Å²) in [6.07, 6.45) is -0.883. The van der Waals surface area contributed by atoms with Gasteiger partial charge in [-0.3, -0.25) is 14.9 Å². The number of carboxylic acids is 1. The Morgan fingerprint density at radius 2 is 1.62 bits per heavy atom. The molecule has 7 nitrogen and oxygen atoms in total. The summed E-state index contributed by atoms with van der Waals surface area (Å²) in [5.74, 6) is -1.59. The van der Waals surface area contributed by atoms with Gasteiger partial charge in [-0.15, -0.1) is 0 Å². The Kier molecular flexibility index (Phi) is 6.84. The minimum Gasteiger partial charge on any atom is -0.481 e. The number of rotatable bonds is 7. The highest BCUT2D eigenvalue weighted by Gasteiger charge is 2.29. The number of aliphatic carboxylic acids is 1. The zero-order valence-corrected chi connectivity index (χ0v) is 19.1. The average Bonchev–Trinajstić information content (AvgIpc) is 3.10. The number of hydrogen-bond acceptors (Lipinski definition) is 4. The molecule has 0 spiro atoms. The number of halogens is 1. The Hall–Kier alpha value is -3.84. The van der Waals surface area contributed by atoms with Crippen molar-refractivity contribution in [2.75, 3.05) is 11.9 Å². The standard InChI is InChI=1S/C26H23ClN2O5/c1-15(10-24(30)31)28-25(32)16-11-17(27)13-18(12-16)29-26(33)34-14-23-21-8-4-2-6-19(21)20-7-3-5-9-22(20)23/h2-9,11-13,15,23H,10,14H2,1H3,(H,28,32)(H,29,33)(H,30,31). The number of anilines is 1. The molecule has 0 bridgehead atoms. The Morgan fingerprint density at radius 3 is 2.24 bits per heavy atom. The van der Waals surface area contributed by atoms with Gasteiger partial charge in [0.2, 0.25) is 0 Å². The molecule has 8 heteroatoms. The van der Waals surface area contributed by atoms with Crippen molar-refractivity contribution in [1.29, 1.82) is 0 Å². The van der Waals surface area contributed by atoms with Crippen LogP contribution in [0.4, 0.5) is 10.5 Å². The zero-order valence-electron chi connectivity index (χ0n) is 18.4. The second-order valence-corrected chi connectivity index (χ2v) is 8.59. The van der Waals surface area contributed by atoms with Crippen LogP contribution in [-0.4, -0.2) is 35.7 Å². The second-order valence-electron chi connectivity index (χ2n) is 8.15. The first-order valence-electron chi connectivity index (χ1n) is 10.8. The summed E-state index contributed by atoms with van der Waals surface area (Å²) < 4.78 is 5.53.